The third-order valence-electron chi connectivity index (χ3n) is 5.94. The lowest BCUT2D eigenvalue weighted by Crippen LogP contribution is -2.39. The van der Waals surface area contributed by atoms with E-state index in [1.165, 1.54) is 4.52 Å². The van der Waals surface area contributed by atoms with Crippen LogP contribution in [-0.4, -0.2) is 36.9 Å². The van der Waals surface area contributed by atoms with Crippen LogP contribution in [0, 0.1) is 0 Å². The highest BCUT2D eigenvalue weighted by Gasteiger charge is 2.26. The number of aromatic amines is 2. The maximum Gasteiger partial charge on any atom is 0.276 e. The molecule has 3 aromatic heterocycles. The summed E-state index contributed by atoms with van der Waals surface area (Å²) in [6.45, 7) is 0.818. The van der Waals surface area contributed by atoms with Crippen LogP contribution in [0.25, 0.3) is 27.8 Å². The van der Waals surface area contributed by atoms with Crippen molar-refractivity contribution in [2.75, 3.05) is 6.54 Å². The van der Waals surface area contributed by atoms with Gasteiger partial charge < -0.3 is 9.88 Å². The van der Waals surface area contributed by atoms with E-state index in [-0.39, 0.29) is 11.5 Å². The summed E-state index contributed by atoms with van der Waals surface area (Å²) in [6, 6.07) is 19.3. The van der Waals surface area contributed by atoms with Gasteiger partial charge in [-0.15, -0.1) is 0 Å². The van der Waals surface area contributed by atoms with Gasteiger partial charge in [-0.05, 0) is 35.6 Å². The number of hydrogen-bond acceptors (Lipinski definition) is 3. The number of aromatic nitrogens is 4. The molecule has 2 aromatic carbocycles. The van der Waals surface area contributed by atoms with Crippen molar-refractivity contribution in [2.24, 2.45) is 0 Å². The Labute approximate surface area is 176 Å². The average molecular weight is 409 g/mol. The van der Waals surface area contributed by atoms with Crippen LogP contribution in [0.15, 0.2) is 71.7 Å². The van der Waals surface area contributed by atoms with E-state index in [0.29, 0.717) is 42.0 Å². The van der Waals surface area contributed by atoms with Crippen molar-refractivity contribution in [3.05, 3.63) is 94.0 Å². The van der Waals surface area contributed by atoms with E-state index in [1.807, 2.05) is 66.9 Å². The van der Waals surface area contributed by atoms with Crippen molar-refractivity contribution >= 4 is 22.5 Å². The van der Waals surface area contributed by atoms with Crippen molar-refractivity contribution in [1.82, 2.24) is 24.5 Å². The maximum atomic E-state index is 13.1. The molecule has 0 saturated heterocycles. The number of carbonyl (C=O) groups excluding carboxylic acids is 1. The number of hydrogen-bond donors (Lipinski definition) is 2. The summed E-state index contributed by atoms with van der Waals surface area (Å²) >= 11 is 0. The number of nitrogens with zero attached hydrogens (tertiary/aromatic N) is 3. The monoisotopic (exact) mass is 409 g/mol. The van der Waals surface area contributed by atoms with Crippen molar-refractivity contribution in [2.45, 2.75) is 13.0 Å². The number of benzene rings is 2. The summed E-state index contributed by atoms with van der Waals surface area (Å²) in [7, 11) is 0. The lowest BCUT2D eigenvalue weighted by atomic mass is 10.0. The second-order valence-corrected chi connectivity index (χ2v) is 7.83. The normalized spacial score (nSPS) is 13.6. The summed E-state index contributed by atoms with van der Waals surface area (Å²) in [4.78, 5) is 35.8. The zero-order chi connectivity index (χ0) is 20.9. The van der Waals surface area contributed by atoms with Gasteiger partial charge in [0.1, 0.15) is 0 Å². The number of nitrogens with one attached hydrogen (secondary N) is 2. The molecular formula is C24H19N5O2. The molecule has 1 aliphatic rings. The van der Waals surface area contributed by atoms with E-state index in [4.69, 9.17) is 4.98 Å². The summed E-state index contributed by atoms with van der Waals surface area (Å²) in [6.07, 6.45) is 2.35. The molecule has 31 heavy (non-hydrogen) atoms. The molecule has 1 aliphatic heterocycles. The second kappa shape index (κ2) is 6.70. The lowest BCUT2D eigenvalue weighted by molar-refractivity contribution is 0.0731. The van der Waals surface area contributed by atoms with Crippen LogP contribution in [0.2, 0.25) is 0 Å². The van der Waals surface area contributed by atoms with Gasteiger partial charge in [0.2, 0.25) is 0 Å². The van der Waals surface area contributed by atoms with Gasteiger partial charge in [0, 0.05) is 35.5 Å². The third-order valence-corrected chi connectivity index (χ3v) is 5.94. The molecule has 0 unspecified atom stereocenters. The van der Waals surface area contributed by atoms with E-state index in [1.54, 1.807) is 4.90 Å². The Hall–Kier alpha value is -4.13. The van der Waals surface area contributed by atoms with Gasteiger partial charge in [-0.3, -0.25) is 14.7 Å². The van der Waals surface area contributed by atoms with Crippen LogP contribution in [0.3, 0.4) is 0 Å². The van der Waals surface area contributed by atoms with Crippen LogP contribution >= 0.6 is 0 Å². The molecule has 0 aliphatic carbocycles. The first-order valence-electron chi connectivity index (χ1n) is 10.2. The molecule has 7 nitrogen and oxygen atoms in total. The van der Waals surface area contributed by atoms with Crippen molar-refractivity contribution in [3.63, 3.8) is 0 Å². The van der Waals surface area contributed by atoms with Crippen molar-refractivity contribution in [1.29, 1.82) is 0 Å². The van der Waals surface area contributed by atoms with Crippen LogP contribution in [0.4, 0.5) is 0 Å². The maximum absolute atomic E-state index is 13.1. The topological polar surface area (TPSA) is 86.3 Å². The predicted octanol–water partition coefficient (Wildman–Crippen LogP) is 3.37. The van der Waals surface area contributed by atoms with Crippen LogP contribution < -0.4 is 5.56 Å². The predicted molar refractivity (Wildman–Crippen MR) is 118 cm³/mol. The van der Waals surface area contributed by atoms with Crippen molar-refractivity contribution < 1.29 is 4.79 Å². The molecule has 0 radical (unpaired) electrons. The second-order valence-electron chi connectivity index (χ2n) is 7.83. The molecule has 0 bridgehead atoms. The van der Waals surface area contributed by atoms with E-state index >= 15 is 0 Å². The Bertz CT molecular complexity index is 1510. The Morgan fingerprint density at radius 3 is 2.77 bits per heavy atom. The third kappa shape index (κ3) is 2.85. The first-order valence-corrected chi connectivity index (χ1v) is 10.2. The number of H-pyrrole nitrogens is 2. The highest BCUT2D eigenvalue weighted by Crippen LogP contribution is 2.22. The summed E-state index contributed by atoms with van der Waals surface area (Å²) < 4.78 is 1.50. The molecule has 0 saturated carbocycles. The molecule has 0 fully saturated rings. The smallest absolute Gasteiger partial charge is 0.276 e. The Morgan fingerprint density at radius 1 is 1.03 bits per heavy atom. The first kappa shape index (κ1) is 17.7. The van der Waals surface area contributed by atoms with E-state index in [9.17, 15) is 9.59 Å². The largest absolute Gasteiger partial charge is 0.361 e. The molecule has 4 heterocycles. The number of carbonyl (C=O) groups is 1. The minimum Gasteiger partial charge on any atom is -0.361 e. The molecule has 152 valence electrons. The van der Waals surface area contributed by atoms with Crippen LogP contribution in [0.1, 0.15) is 21.6 Å². The van der Waals surface area contributed by atoms with Gasteiger partial charge in [-0.2, -0.15) is 0 Å². The molecule has 2 N–H and O–H groups in total. The van der Waals surface area contributed by atoms with E-state index in [0.717, 1.165) is 22.2 Å². The number of fused-ring (bicyclic) bond motifs is 3. The zero-order valence-corrected chi connectivity index (χ0v) is 16.6. The van der Waals surface area contributed by atoms with E-state index in [2.05, 4.69) is 10.1 Å². The minimum atomic E-state index is -0.0953. The van der Waals surface area contributed by atoms with Gasteiger partial charge in [0.25, 0.3) is 11.5 Å². The SMILES string of the molecule is O=C(c1ccc2cc[nH]c2c1)N1CCc2c(nc3cc(-c4ccccc4)[nH]n3c2=O)C1. The molecule has 7 heteroatoms. The summed E-state index contributed by atoms with van der Waals surface area (Å²) in [5.74, 6) is -0.0526. The number of rotatable bonds is 2. The van der Waals surface area contributed by atoms with Crippen LogP contribution in [-0.2, 0) is 13.0 Å². The van der Waals surface area contributed by atoms with Gasteiger partial charge >= 0.3 is 0 Å². The molecule has 0 atom stereocenters. The van der Waals surface area contributed by atoms with Gasteiger partial charge in [-0.1, -0.05) is 36.4 Å². The van der Waals surface area contributed by atoms with Gasteiger partial charge in [-0.25, -0.2) is 9.50 Å². The van der Waals surface area contributed by atoms with Gasteiger partial charge in [0.05, 0.1) is 17.9 Å². The summed E-state index contributed by atoms with van der Waals surface area (Å²) in [5, 5.41) is 4.23. The summed E-state index contributed by atoms with van der Waals surface area (Å²) in [5.41, 5.74) is 5.19. The Balaban J connectivity index is 1.35. The highest BCUT2D eigenvalue weighted by molar-refractivity contribution is 5.98. The van der Waals surface area contributed by atoms with Gasteiger partial charge in [0.15, 0.2) is 5.65 Å². The lowest BCUT2D eigenvalue weighted by Gasteiger charge is -2.27. The number of amides is 1. The minimum absolute atomic E-state index is 0.0526. The molecule has 1 amide bonds. The Morgan fingerprint density at radius 2 is 1.90 bits per heavy atom. The molecular weight excluding hydrogens is 390 g/mol. The Kier molecular flexibility index (Phi) is 3.83. The fourth-order valence-corrected chi connectivity index (χ4v) is 4.30. The van der Waals surface area contributed by atoms with E-state index < -0.39 is 0 Å². The standard InChI is InChI=1S/C24H19N5O2/c30-23(17-7-6-16-8-10-25-19(16)12-17)28-11-9-18-21(14-28)26-22-13-20(27-29(22)24(18)31)15-4-2-1-3-5-15/h1-8,10,12-13,25,27H,9,11,14H2. The zero-order valence-electron chi connectivity index (χ0n) is 16.6. The average Bonchev–Trinajstić information content (AvgIpc) is 3.45. The fraction of sp³-hybridized carbons (Fsp3) is 0.125. The highest BCUT2D eigenvalue weighted by atomic mass is 16.2. The quantitative estimate of drug-likeness (QED) is 0.469. The first-order chi connectivity index (χ1) is 15.2. The van der Waals surface area contributed by atoms with Crippen LogP contribution in [0.5, 0.6) is 0 Å². The molecule has 6 rings (SSSR count). The fourth-order valence-electron chi connectivity index (χ4n) is 4.30. The molecule has 5 aromatic rings. The van der Waals surface area contributed by atoms with Crippen molar-refractivity contribution in [3.8, 4) is 11.3 Å². The molecule has 0 spiro atoms.